The SMILES string of the molecule is O=C(CN1CCC(OCc2ccccc2)CC1)Nc1ccc2c(c1)OC1(CCCC1)O2. The van der Waals surface area contributed by atoms with Gasteiger partial charge in [0.15, 0.2) is 11.5 Å². The van der Waals surface area contributed by atoms with Gasteiger partial charge in [-0.15, -0.1) is 0 Å². The molecule has 31 heavy (non-hydrogen) atoms. The van der Waals surface area contributed by atoms with Gasteiger partial charge in [-0.05, 0) is 43.4 Å². The van der Waals surface area contributed by atoms with Crippen LogP contribution < -0.4 is 14.8 Å². The molecule has 1 N–H and O–H groups in total. The van der Waals surface area contributed by atoms with Gasteiger partial charge in [0, 0.05) is 37.7 Å². The average Bonchev–Trinajstić information content (AvgIpc) is 3.39. The Morgan fingerprint density at radius 1 is 1.03 bits per heavy atom. The van der Waals surface area contributed by atoms with Crippen molar-refractivity contribution in [2.24, 2.45) is 0 Å². The molecular formula is C25H30N2O4. The Morgan fingerprint density at radius 2 is 1.77 bits per heavy atom. The molecule has 0 atom stereocenters. The summed E-state index contributed by atoms with van der Waals surface area (Å²) < 4.78 is 18.2. The van der Waals surface area contributed by atoms with Crippen LogP contribution in [0.3, 0.4) is 0 Å². The van der Waals surface area contributed by atoms with E-state index in [9.17, 15) is 4.79 Å². The first-order valence-electron chi connectivity index (χ1n) is 11.4. The smallest absolute Gasteiger partial charge is 0.251 e. The maximum absolute atomic E-state index is 12.6. The minimum absolute atomic E-state index is 0.00176. The number of benzene rings is 2. The predicted molar refractivity (Wildman–Crippen MR) is 118 cm³/mol. The van der Waals surface area contributed by atoms with Gasteiger partial charge in [0.1, 0.15) is 0 Å². The number of likely N-dealkylation sites (tertiary alicyclic amines) is 1. The number of nitrogens with zero attached hydrogens (tertiary/aromatic N) is 1. The number of hydrogen-bond acceptors (Lipinski definition) is 5. The number of hydrogen-bond donors (Lipinski definition) is 1. The van der Waals surface area contributed by atoms with Gasteiger partial charge in [0.2, 0.25) is 5.91 Å². The van der Waals surface area contributed by atoms with Gasteiger partial charge < -0.3 is 19.5 Å². The molecule has 0 unspecified atom stereocenters. The van der Waals surface area contributed by atoms with E-state index in [4.69, 9.17) is 14.2 Å². The van der Waals surface area contributed by atoms with Crippen LogP contribution in [0.5, 0.6) is 11.5 Å². The van der Waals surface area contributed by atoms with Crippen LogP contribution >= 0.6 is 0 Å². The van der Waals surface area contributed by atoms with Crippen molar-refractivity contribution in [1.29, 1.82) is 0 Å². The summed E-state index contributed by atoms with van der Waals surface area (Å²) in [4.78, 5) is 14.8. The molecule has 0 radical (unpaired) electrons. The van der Waals surface area contributed by atoms with Gasteiger partial charge in [-0.2, -0.15) is 0 Å². The second-order valence-corrected chi connectivity index (χ2v) is 8.80. The number of piperidine rings is 1. The first kappa shape index (κ1) is 20.3. The summed E-state index contributed by atoms with van der Waals surface area (Å²) in [6.07, 6.45) is 6.27. The highest BCUT2D eigenvalue weighted by Gasteiger charge is 2.44. The highest BCUT2D eigenvalue weighted by molar-refractivity contribution is 5.92. The maximum atomic E-state index is 12.6. The van der Waals surface area contributed by atoms with Crippen LogP contribution in [-0.4, -0.2) is 42.3 Å². The molecule has 6 heteroatoms. The van der Waals surface area contributed by atoms with Crippen LogP contribution in [0.15, 0.2) is 48.5 Å². The van der Waals surface area contributed by atoms with Crippen LogP contribution in [0.2, 0.25) is 0 Å². The molecule has 1 saturated carbocycles. The van der Waals surface area contributed by atoms with E-state index >= 15 is 0 Å². The monoisotopic (exact) mass is 422 g/mol. The third-order valence-electron chi connectivity index (χ3n) is 6.42. The maximum Gasteiger partial charge on any atom is 0.251 e. The second-order valence-electron chi connectivity index (χ2n) is 8.80. The topological polar surface area (TPSA) is 60.0 Å². The molecule has 6 nitrogen and oxygen atoms in total. The summed E-state index contributed by atoms with van der Waals surface area (Å²) in [6.45, 7) is 2.79. The molecule has 2 aliphatic heterocycles. The largest absolute Gasteiger partial charge is 0.448 e. The van der Waals surface area contributed by atoms with E-state index in [-0.39, 0.29) is 12.0 Å². The van der Waals surface area contributed by atoms with Crippen LogP contribution in [0.25, 0.3) is 0 Å². The molecule has 0 bridgehead atoms. The zero-order valence-electron chi connectivity index (χ0n) is 17.8. The molecule has 1 saturated heterocycles. The van der Waals surface area contributed by atoms with Gasteiger partial charge in [-0.3, -0.25) is 9.69 Å². The number of ether oxygens (including phenoxy) is 3. The molecule has 3 aliphatic rings. The lowest BCUT2D eigenvalue weighted by Crippen LogP contribution is -2.41. The summed E-state index contributed by atoms with van der Waals surface area (Å²) in [7, 11) is 0. The standard InChI is InChI=1S/C25H30N2O4/c28-24(17-27-14-10-21(11-15-27)29-18-19-6-2-1-3-7-19)26-20-8-9-22-23(16-20)31-25(30-22)12-4-5-13-25/h1-3,6-9,16,21H,4-5,10-15,17-18H2,(H,26,28). The number of carbonyl (C=O) groups excluding carboxylic acids is 1. The Bertz CT molecular complexity index is 903. The minimum atomic E-state index is -0.474. The Morgan fingerprint density at radius 3 is 2.55 bits per heavy atom. The van der Waals surface area contributed by atoms with Crippen LogP contribution in [-0.2, 0) is 16.1 Å². The van der Waals surface area contributed by atoms with Crippen LogP contribution in [0.1, 0.15) is 44.1 Å². The molecule has 2 aromatic carbocycles. The van der Waals surface area contributed by atoms with E-state index in [1.54, 1.807) is 0 Å². The lowest BCUT2D eigenvalue weighted by molar-refractivity contribution is -0.118. The van der Waals surface area contributed by atoms with E-state index in [1.165, 1.54) is 5.56 Å². The minimum Gasteiger partial charge on any atom is -0.448 e. The van der Waals surface area contributed by atoms with Crippen molar-refractivity contribution in [3.63, 3.8) is 0 Å². The van der Waals surface area contributed by atoms with Crippen molar-refractivity contribution < 1.29 is 19.0 Å². The van der Waals surface area contributed by atoms with Crippen molar-refractivity contribution in [3.05, 3.63) is 54.1 Å². The van der Waals surface area contributed by atoms with Gasteiger partial charge in [-0.1, -0.05) is 30.3 Å². The van der Waals surface area contributed by atoms with Crippen molar-refractivity contribution in [2.45, 2.75) is 57.0 Å². The molecule has 1 amide bonds. The van der Waals surface area contributed by atoms with E-state index in [1.807, 2.05) is 36.4 Å². The van der Waals surface area contributed by atoms with Gasteiger partial charge in [0.05, 0.1) is 19.3 Å². The number of rotatable bonds is 6. The summed E-state index contributed by atoms with van der Waals surface area (Å²) in [5, 5.41) is 3.01. The zero-order valence-corrected chi connectivity index (χ0v) is 17.8. The number of carbonyl (C=O) groups is 1. The average molecular weight is 423 g/mol. The molecule has 1 aliphatic carbocycles. The fourth-order valence-corrected chi connectivity index (χ4v) is 4.72. The first-order chi connectivity index (χ1) is 15.2. The third-order valence-corrected chi connectivity index (χ3v) is 6.42. The van der Waals surface area contributed by atoms with Crippen molar-refractivity contribution >= 4 is 11.6 Å². The number of fused-ring (bicyclic) bond motifs is 1. The summed E-state index contributed by atoms with van der Waals surface area (Å²) in [6, 6.07) is 15.9. The fraction of sp³-hybridized carbons (Fsp3) is 0.480. The lowest BCUT2D eigenvalue weighted by Gasteiger charge is -2.31. The van der Waals surface area contributed by atoms with Crippen molar-refractivity contribution in [2.75, 3.05) is 25.0 Å². The normalized spacial score (nSPS) is 20.3. The van der Waals surface area contributed by atoms with Crippen molar-refractivity contribution in [3.8, 4) is 11.5 Å². The quantitative estimate of drug-likeness (QED) is 0.750. The first-order valence-corrected chi connectivity index (χ1v) is 11.4. The summed E-state index contributed by atoms with van der Waals surface area (Å²) in [5.74, 6) is 1.03. The Labute approximate surface area is 183 Å². The van der Waals surface area contributed by atoms with Crippen molar-refractivity contribution in [1.82, 2.24) is 4.90 Å². The summed E-state index contributed by atoms with van der Waals surface area (Å²) >= 11 is 0. The Hall–Kier alpha value is -2.57. The Balaban J connectivity index is 1.07. The van der Waals surface area contributed by atoms with Crippen LogP contribution in [0.4, 0.5) is 5.69 Å². The lowest BCUT2D eigenvalue weighted by atomic mass is 10.1. The fourth-order valence-electron chi connectivity index (χ4n) is 4.72. The highest BCUT2D eigenvalue weighted by Crippen LogP contribution is 2.47. The molecule has 1 spiro atoms. The molecule has 5 rings (SSSR count). The molecule has 0 aromatic heterocycles. The Kier molecular flexibility index (Phi) is 5.83. The van der Waals surface area contributed by atoms with E-state index in [0.717, 1.165) is 68.8 Å². The van der Waals surface area contributed by atoms with E-state index in [0.29, 0.717) is 13.2 Å². The third kappa shape index (κ3) is 4.86. The number of amides is 1. The highest BCUT2D eigenvalue weighted by atomic mass is 16.7. The molecule has 2 aromatic rings. The molecule has 2 heterocycles. The van der Waals surface area contributed by atoms with Gasteiger partial charge in [0.25, 0.3) is 5.79 Å². The molecule has 164 valence electrons. The van der Waals surface area contributed by atoms with E-state index < -0.39 is 5.79 Å². The predicted octanol–water partition coefficient (Wildman–Crippen LogP) is 4.35. The number of nitrogens with one attached hydrogen (secondary N) is 1. The van der Waals surface area contributed by atoms with Gasteiger partial charge >= 0.3 is 0 Å². The summed E-state index contributed by atoms with van der Waals surface area (Å²) in [5.41, 5.74) is 1.95. The van der Waals surface area contributed by atoms with E-state index in [2.05, 4.69) is 22.3 Å². The molecule has 2 fully saturated rings. The van der Waals surface area contributed by atoms with Crippen LogP contribution in [0, 0.1) is 0 Å². The zero-order chi connectivity index (χ0) is 21.1. The van der Waals surface area contributed by atoms with Gasteiger partial charge in [-0.25, -0.2) is 0 Å². The number of anilines is 1. The molecular weight excluding hydrogens is 392 g/mol. The second kappa shape index (κ2) is 8.89.